The van der Waals surface area contributed by atoms with Crippen molar-refractivity contribution >= 4 is 17.5 Å². The zero-order valence-corrected chi connectivity index (χ0v) is 10.7. The molecule has 4 heteroatoms. The number of benzene rings is 1. The molecule has 0 unspecified atom stereocenters. The highest BCUT2D eigenvalue weighted by atomic mass is 35.5. The van der Waals surface area contributed by atoms with Gasteiger partial charge >= 0.3 is 0 Å². The highest BCUT2D eigenvalue weighted by Gasteiger charge is 2.11. The molecular formula is C14H13ClN2O. The predicted octanol–water partition coefficient (Wildman–Crippen LogP) is 3.06. The first-order chi connectivity index (χ1) is 8.61. The normalized spacial score (nSPS) is 10.3. The van der Waals surface area contributed by atoms with E-state index >= 15 is 0 Å². The van der Waals surface area contributed by atoms with Crippen LogP contribution in [0.1, 0.15) is 23.0 Å². The van der Waals surface area contributed by atoms with Crippen LogP contribution in [0.25, 0.3) is 11.1 Å². The molecule has 0 spiro atoms. The molecule has 0 saturated heterocycles. The zero-order valence-electron chi connectivity index (χ0n) is 9.98. The van der Waals surface area contributed by atoms with E-state index in [9.17, 15) is 4.79 Å². The molecule has 3 nitrogen and oxygen atoms in total. The lowest BCUT2D eigenvalue weighted by molar-refractivity contribution is 0.100. The third kappa shape index (κ3) is 2.51. The molecule has 0 aliphatic carbocycles. The molecule has 2 N–H and O–H groups in total. The first-order valence-corrected chi connectivity index (χ1v) is 6.04. The summed E-state index contributed by atoms with van der Waals surface area (Å²) in [4.78, 5) is 15.6. The zero-order chi connectivity index (χ0) is 13.1. The molecule has 0 aliphatic heterocycles. The molecule has 0 fully saturated rings. The topological polar surface area (TPSA) is 56.0 Å². The second-order valence-corrected chi connectivity index (χ2v) is 4.38. The highest BCUT2D eigenvalue weighted by Crippen LogP contribution is 2.25. The summed E-state index contributed by atoms with van der Waals surface area (Å²) in [6, 6.07) is 9.19. The Bertz CT molecular complexity index is 579. The molecule has 0 atom stereocenters. The quantitative estimate of drug-likeness (QED) is 0.922. The molecule has 0 bridgehead atoms. The van der Waals surface area contributed by atoms with Gasteiger partial charge in [0.15, 0.2) is 0 Å². The molecule has 1 amide bonds. The summed E-state index contributed by atoms with van der Waals surface area (Å²) in [7, 11) is 0. The van der Waals surface area contributed by atoms with Gasteiger partial charge in [0, 0.05) is 16.9 Å². The molecule has 1 aromatic carbocycles. The fraction of sp³-hybridized carbons (Fsp3) is 0.143. The van der Waals surface area contributed by atoms with Gasteiger partial charge in [-0.15, -0.1) is 0 Å². The van der Waals surface area contributed by atoms with Gasteiger partial charge in [-0.3, -0.25) is 9.78 Å². The van der Waals surface area contributed by atoms with Crippen LogP contribution in [-0.2, 0) is 6.42 Å². The molecule has 1 aromatic heterocycles. The van der Waals surface area contributed by atoms with E-state index in [2.05, 4.69) is 4.98 Å². The van der Waals surface area contributed by atoms with Gasteiger partial charge < -0.3 is 5.73 Å². The number of amides is 1. The smallest absolute Gasteiger partial charge is 0.250 e. The lowest BCUT2D eigenvalue weighted by atomic mass is 10.00. The van der Waals surface area contributed by atoms with E-state index in [1.807, 2.05) is 25.1 Å². The number of aromatic nitrogens is 1. The lowest BCUT2D eigenvalue weighted by Crippen LogP contribution is -2.13. The third-order valence-corrected chi connectivity index (χ3v) is 3.00. The van der Waals surface area contributed by atoms with Gasteiger partial charge in [0.2, 0.25) is 0 Å². The number of carbonyl (C=O) groups excluding carboxylic acids is 1. The summed E-state index contributed by atoms with van der Waals surface area (Å²) in [5.74, 6) is -0.477. The summed E-state index contributed by atoms with van der Waals surface area (Å²) in [6.45, 7) is 2.01. The molecule has 92 valence electrons. The first kappa shape index (κ1) is 12.6. The SMILES string of the molecule is CCc1cc(-c2ccc(Cl)cc2)c(C(N)=O)cn1. The van der Waals surface area contributed by atoms with Crippen molar-refractivity contribution in [2.75, 3.05) is 0 Å². The maximum Gasteiger partial charge on any atom is 0.250 e. The number of nitrogens with zero attached hydrogens (tertiary/aromatic N) is 1. The van der Waals surface area contributed by atoms with Crippen molar-refractivity contribution in [3.05, 3.63) is 52.8 Å². The van der Waals surface area contributed by atoms with Crippen molar-refractivity contribution in [3.63, 3.8) is 0 Å². The molecule has 18 heavy (non-hydrogen) atoms. The molecule has 0 radical (unpaired) electrons. The summed E-state index contributed by atoms with van der Waals surface area (Å²) < 4.78 is 0. The van der Waals surface area contributed by atoms with Crippen molar-refractivity contribution in [2.24, 2.45) is 5.73 Å². The second-order valence-electron chi connectivity index (χ2n) is 3.95. The number of hydrogen-bond acceptors (Lipinski definition) is 2. The summed E-state index contributed by atoms with van der Waals surface area (Å²) >= 11 is 5.86. The van der Waals surface area contributed by atoms with Crippen LogP contribution in [0.15, 0.2) is 36.5 Å². The maximum atomic E-state index is 11.4. The Hall–Kier alpha value is -1.87. The minimum atomic E-state index is -0.477. The van der Waals surface area contributed by atoms with Gasteiger partial charge in [-0.05, 0) is 35.7 Å². The van der Waals surface area contributed by atoms with Crippen molar-refractivity contribution in [1.29, 1.82) is 0 Å². The Kier molecular flexibility index (Phi) is 3.63. The van der Waals surface area contributed by atoms with E-state index in [-0.39, 0.29) is 0 Å². The fourth-order valence-electron chi connectivity index (χ4n) is 1.76. The van der Waals surface area contributed by atoms with Crippen LogP contribution in [-0.4, -0.2) is 10.9 Å². The van der Waals surface area contributed by atoms with E-state index in [1.165, 1.54) is 6.20 Å². The summed E-state index contributed by atoms with van der Waals surface area (Å²) in [5, 5.41) is 0.657. The van der Waals surface area contributed by atoms with Gasteiger partial charge in [-0.25, -0.2) is 0 Å². The van der Waals surface area contributed by atoms with E-state index < -0.39 is 5.91 Å². The number of nitrogens with two attached hydrogens (primary N) is 1. The Balaban J connectivity index is 2.59. The van der Waals surface area contributed by atoms with Gasteiger partial charge in [-0.2, -0.15) is 0 Å². The van der Waals surface area contributed by atoms with Crippen molar-refractivity contribution in [3.8, 4) is 11.1 Å². The molecule has 2 rings (SSSR count). The number of rotatable bonds is 3. The predicted molar refractivity (Wildman–Crippen MR) is 72.6 cm³/mol. The minimum absolute atomic E-state index is 0.425. The molecule has 2 aromatic rings. The Labute approximate surface area is 111 Å². The van der Waals surface area contributed by atoms with Gasteiger partial charge in [0.05, 0.1) is 5.56 Å². The van der Waals surface area contributed by atoms with Crippen LogP contribution >= 0.6 is 11.6 Å². The number of carbonyl (C=O) groups is 1. The summed E-state index contributed by atoms with van der Waals surface area (Å²) in [5.41, 5.74) is 8.42. The van der Waals surface area contributed by atoms with Crippen molar-refractivity contribution in [1.82, 2.24) is 4.98 Å². The van der Waals surface area contributed by atoms with Crippen LogP contribution in [0.5, 0.6) is 0 Å². The van der Waals surface area contributed by atoms with Crippen molar-refractivity contribution in [2.45, 2.75) is 13.3 Å². The van der Waals surface area contributed by atoms with E-state index in [0.29, 0.717) is 10.6 Å². The average Bonchev–Trinajstić information content (AvgIpc) is 2.38. The van der Waals surface area contributed by atoms with Crippen LogP contribution < -0.4 is 5.73 Å². The highest BCUT2D eigenvalue weighted by molar-refractivity contribution is 6.30. The van der Waals surface area contributed by atoms with Gasteiger partial charge in [0.25, 0.3) is 5.91 Å². The number of aryl methyl sites for hydroxylation is 1. The van der Waals surface area contributed by atoms with Crippen LogP contribution in [0.2, 0.25) is 5.02 Å². The maximum absolute atomic E-state index is 11.4. The Morgan fingerprint density at radius 3 is 2.56 bits per heavy atom. The largest absolute Gasteiger partial charge is 0.366 e. The number of primary amides is 1. The van der Waals surface area contributed by atoms with Crippen LogP contribution in [0, 0.1) is 0 Å². The van der Waals surface area contributed by atoms with E-state index in [4.69, 9.17) is 17.3 Å². The third-order valence-electron chi connectivity index (χ3n) is 2.74. The lowest BCUT2D eigenvalue weighted by Gasteiger charge is -2.08. The monoisotopic (exact) mass is 260 g/mol. The Morgan fingerprint density at radius 2 is 2.00 bits per heavy atom. The van der Waals surface area contributed by atoms with Gasteiger partial charge in [0.1, 0.15) is 0 Å². The fourth-order valence-corrected chi connectivity index (χ4v) is 1.88. The van der Waals surface area contributed by atoms with E-state index in [1.54, 1.807) is 12.1 Å². The van der Waals surface area contributed by atoms with E-state index in [0.717, 1.165) is 23.2 Å². The second kappa shape index (κ2) is 5.19. The molecule has 0 aliphatic rings. The number of pyridine rings is 1. The molecular weight excluding hydrogens is 248 g/mol. The minimum Gasteiger partial charge on any atom is -0.366 e. The average molecular weight is 261 g/mol. The summed E-state index contributed by atoms with van der Waals surface area (Å²) in [6.07, 6.45) is 2.34. The van der Waals surface area contributed by atoms with Crippen LogP contribution in [0.4, 0.5) is 0 Å². The number of halogens is 1. The standard InChI is InChI=1S/C14H13ClN2O/c1-2-11-7-12(13(8-17-11)14(16)18)9-3-5-10(15)6-4-9/h3-8H,2H2,1H3,(H2,16,18). The first-order valence-electron chi connectivity index (χ1n) is 5.66. The van der Waals surface area contributed by atoms with Gasteiger partial charge in [-0.1, -0.05) is 30.7 Å². The van der Waals surface area contributed by atoms with Crippen LogP contribution in [0.3, 0.4) is 0 Å². The molecule has 1 heterocycles. The Morgan fingerprint density at radius 1 is 1.33 bits per heavy atom. The molecule has 0 saturated carbocycles. The number of hydrogen-bond donors (Lipinski definition) is 1. The van der Waals surface area contributed by atoms with Crippen molar-refractivity contribution < 1.29 is 4.79 Å².